The highest BCUT2D eigenvalue weighted by Crippen LogP contribution is 2.28. The smallest absolute Gasteiger partial charge is 0.257 e. The van der Waals surface area contributed by atoms with Gasteiger partial charge in [-0.05, 0) is 37.0 Å². The molecule has 2 fully saturated rings. The van der Waals surface area contributed by atoms with Crippen LogP contribution in [0.5, 0.6) is 5.75 Å². The molecule has 0 aromatic heterocycles. The molecule has 2 saturated heterocycles. The van der Waals surface area contributed by atoms with Crippen molar-refractivity contribution in [2.75, 3.05) is 39.8 Å². The minimum Gasteiger partial charge on any atom is -0.496 e. The number of hydrogen-bond donors (Lipinski definition) is 0. The van der Waals surface area contributed by atoms with Gasteiger partial charge >= 0.3 is 0 Å². The largest absolute Gasteiger partial charge is 0.496 e. The molecule has 2 aromatic rings. The van der Waals surface area contributed by atoms with Crippen molar-refractivity contribution in [1.82, 2.24) is 14.7 Å². The van der Waals surface area contributed by atoms with Crippen molar-refractivity contribution in [3.05, 3.63) is 65.7 Å². The fraction of sp³-hybridized carbons (Fsp3) is 0.423. The zero-order valence-electron chi connectivity index (χ0n) is 19.1. The molecule has 7 nitrogen and oxygen atoms in total. The van der Waals surface area contributed by atoms with Gasteiger partial charge in [0.1, 0.15) is 11.8 Å². The number of piperidine rings is 1. The molecular weight excluding hydrogens is 418 g/mol. The standard InChI is InChI=1S/C26H31N3O4/c1-33-22-13-6-5-12-21(22)25(31)27-15-9-16-28(19-18-27)26(32)24(20-10-3-2-4-11-20)29-17-8-7-14-23(29)30/h2-6,10-13,24H,7-9,14-19H2,1H3. The Hall–Kier alpha value is -3.35. The zero-order chi connectivity index (χ0) is 23.2. The van der Waals surface area contributed by atoms with Gasteiger partial charge in [0, 0.05) is 39.1 Å². The molecule has 4 rings (SSSR count). The van der Waals surface area contributed by atoms with Crippen molar-refractivity contribution in [3.63, 3.8) is 0 Å². The molecule has 0 spiro atoms. The van der Waals surface area contributed by atoms with Crippen LogP contribution >= 0.6 is 0 Å². The van der Waals surface area contributed by atoms with Crippen molar-refractivity contribution >= 4 is 17.7 Å². The van der Waals surface area contributed by atoms with Gasteiger partial charge in [-0.1, -0.05) is 42.5 Å². The number of likely N-dealkylation sites (tertiary alicyclic amines) is 1. The molecule has 33 heavy (non-hydrogen) atoms. The maximum atomic E-state index is 13.8. The predicted octanol–water partition coefficient (Wildman–Crippen LogP) is 3.12. The fourth-order valence-corrected chi connectivity index (χ4v) is 4.70. The van der Waals surface area contributed by atoms with Crippen molar-refractivity contribution in [2.45, 2.75) is 31.7 Å². The molecule has 1 atom stereocenters. The molecule has 2 aromatic carbocycles. The van der Waals surface area contributed by atoms with Gasteiger partial charge in [-0.3, -0.25) is 14.4 Å². The van der Waals surface area contributed by atoms with Crippen molar-refractivity contribution in [3.8, 4) is 5.75 Å². The van der Waals surface area contributed by atoms with Crippen molar-refractivity contribution in [2.24, 2.45) is 0 Å². The van der Waals surface area contributed by atoms with Crippen LogP contribution in [0.3, 0.4) is 0 Å². The third-order valence-corrected chi connectivity index (χ3v) is 6.45. The molecule has 0 bridgehead atoms. The quantitative estimate of drug-likeness (QED) is 0.703. The van der Waals surface area contributed by atoms with Crippen molar-refractivity contribution < 1.29 is 19.1 Å². The van der Waals surface area contributed by atoms with Gasteiger partial charge in [0.15, 0.2) is 0 Å². The van der Waals surface area contributed by atoms with E-state index in [1.807, 2.05) is 47.4 Å². The van der Waals surface area contributed by atoms with E-state index in [1.54, 1.807) is 29.0 Å². The third-order valence-electron chi connectivity index (χ3n) is 6.45. The van der Waals surface area contributed by atoms with Crippen LogP contribution < -0.4 is 4.74 Å². The fourth-order valence-electron chi connectivity index (χ4n) is 4.70. The Morgan fingerprint density at radius 3 is 2.27 bits per heavy atom. The Labute approximate surface area is 194 Å². The van der Waals surface area contributed by atoms with Gasteiger partial charge in [-0.15, -0.1) is 0 Å². The third kappa shape index (κ3) is 5.02. The molecule has 2 aliphatic heterocycles. The second kappa shape index (κ2) is 10.5. The number of benzene rings is 2. The van der Waals surface area contributed by atoms with E-state index in [4.69, 9.17) is 4.74 Å². The number of para-hydroxylation sites is 1. The van der Waals surface area contributed by atoms with E-state index >= 15 is 0 Å². The topological polar surface area (TPSA) is 70.2 Å². The molecule has 2 heterocycles. The summed E-state index contributed by atoms with van der Waals surface area (Å²) in [5.41, 5.74) is 1.37. The highest BCUT2D eigenvalue weighted by atomic mass is 16.5. The minimum absolute atomic E-state index is 0.0336. The summed E-state index contributed by atoms with van der Waals surface area (Å²) in [6.45, 7) is 2.60. The number of ether oxygens (including phenoxy) is 1. The summed E-state index contributed by atoms with van der Waals surface area (Å²) in [4.78, 5) is 45.0. The molecule has 7 heteroatoms. The Bertz CT molecular complexity index is 994. The van der Waals surface area contributed by atoms with E-state index in [1.165, 1.54) is 0 Å². The average molecular weight is 450 g/mol. The molecule has 0 radical (unpaired) electrons. The zero-order valence-corrected chi connectivity index (χ0v) is 19.1. The summed E-state index contributed by atoms with van der Waals surface area (Å²) in [7, 11) is 1.56. The van der Waals surface area contributed by atoms with E-state index in [9.17, 15) is 14.4 Å². The van der Waals surface area contributed by atoms with Crippen LogP contribution in [0.1, 0.15) is 47.6 Å². The molecule has 2 aliphatic rings. The summed E-state index contributed by atoms with van der Waals surface area (Å²) in [6, 6.07) is 16.1. The molecule has 0 aliphatic carbocycles. The molecule has 3 amide bonds. The van der Waals surface area contributed by atoms with Crippen LogP contribution in [-0.4, -0.2) is 72.3 Å². The highest BCUT2D eigenvalue weighted by molar-refractivity contribution is 5.97. The molecule has 0 saturated carbocycles. The van der Waals surface area contributed by atoms with E-state index in [0.717, 1.165) is 18.4 Å². The monoisotopic (exact) mass is 449 g/mol. The minimum atomic E-state index is -0.615. The summed E-state index contributed by atoms with van der Waals surface area (Å²) in [6.07, 6.45) is 2.94. The van der Waals surface area contributed by atoms with Gasteiger partial charge < -0.3 is 19.4 Å². The Morgan fingerprint density at radius 1 is 0.818 bits per heavy atom. The normalized spacial score (nSPS) is 18.0. The first-order valence-electron chi connectivity index (χ1n) is 11.7. The molecule has 1 unspecified atom stereocenters. The lowest BCUT2D eigenvalue weighted by Gasteiger charge is -2.36. The Kier molecular flexibility index (Phi) is 7.27. The number of carbonyl (C=O) groups is 3. The predicted molar refractivity (Wildman–Crippen MR) is 125 cm³/mol. The molecular formula is C26H31N3O4. The number of rotatable bonds is 5. The van der Waals surface area contributed by atoms with Crippen LogP contribution in [-0.2, 0) is 9.59 Å². The summed E-state index contributed by atoms with van der Waals surface area (Å²) in [5.74, 6) is 0.425. The Balaban J connectivity index is 1.51. The molecule has 174 valence electrons. The first-order chi connectivity index (χ1) is 16.1. The van der Waals surface area contributed by atoms with Gasteiger partial charge in [-0.25, -0.2) is 0 Å². The second-order valence-electron chi connectivity index (χ2n) is 8.53. The first-order valence-corrected chi connectivity index (χ1v) is 11.7. The number of nitrogens with zero attached hydrogens (tertiary/aromatic N) is 3. The molecule has 0 N–H and O–H groups in total. The Morgan fingerprint density at radius 2 is 1.52 bits per heavy atom. The maximum absolute atomic E-state index is 13.8. The SMILES string of the molecule is COc1ccccc1C(=O)N1CCCN(C(=O)C(c2ccccc2)N2CCCCC2=O)CC1. The summed E-state index contributed by atoms with van der Waals surface area (Å²) >= 11 is 0. The van der Waals surface area contributed by atoms with Crippen molar-refractivity contribution in [1.29, 1.82) is 0 Å². The number of amides is 3. The van der Waals surface area contributed by atoms with E-state index in [2.05, 4.69) is 0 Å². The van der Waals surface area contributed by atoms with Crippen LogP contribution in [0.15, 0.2) is 54.6 Å². The maximum Gasteiger partial charge on any atom is 0.257 e. The number of carbonyl (C=O) groups excluding carboxylic acids is 3. The van der Waals surface area contributed by atoms with Crippen LogP contribution in [0.25, 0.3) is 0 Å². The summed E-state index contributed by atoms with van der Waals surface area (Å²) in [5, 5.41) is 0. The number of hydrogen-bond acceptors (Lipinski definition) is 4. The lowest BCUT2D eigenvalue weighted by molar-refractivity contribution is -0.147. The first kappa shape index (κ1) is 22.8. The van der Waals surface area contributed by atoms with Crippen LogP contribution in [0, 0.1) is 0 Å². The van der Waals surface area contributed by atoms with E-state index in [-0.39, 0.29) is 17.7 Å². The van der Waals surface area contributed by atoms with Crippen LogP contribution in [0.2, 0.25) is 0 Å². The lowest BCUT2D eigenvalue weighted by Crippen LogP contribution is -2.48. The number of methoxy groups -OCH3 is 1. The lowest BCUT2D eigenvalue weighted by atomic mass is 10.00. The highest BCUT2D eigenvalue weighted by Gasteiger charge is 2.36. The van der Waals surface area contributed by atoms with Gasteiger partial charge in [0.2, 0.25) is 11.8 Å². The van der Waals surface area contributed by atoms with Gasteiger partial charge in [0.25, 0.3) is 5.91 Å². The van der Waals surface area contributed by atoms with Gasteiger partial charge in [0.05, 0.1) is 12.7 Å². The van der Waals surface area contributed by atoms with E-state index in [0.29, 0.717) is 56.9 Å². The van der Waals surface area contributed by atoms with Gasteiger partial charge in [-0.2, -0.15) is 0 Å². The average Bonchev–Trinajstić information content (AvgIpc) is 3.12. The second-order valence-corrected chi connectivity index (χ2v) is 8.53. The summed E-state index contributed by atoms with van der Waals surface area (Å²) < 4.78 is 5.36. The van der Waals surface area contributed by atoms with E-state index < -0.39 is 6.04 Å². The van der Waals surface area contributed by atoms with Crippen LogP contribution in [0.4, 0.5) is 0 Å².